The molecule has 2 aliphatic heterocycles. The van der Waals surface area contributed by atoms with Crippen LogP contribution in [0.2, 0.25) is 0 Å². The molecule has 1 saturated heterocycles. The molecular formula is C13H16BrFN2O2. The number of fused-ring (bicyclic) bond motifs is 1. The van der Waals surface area contributed by atoms with Crippen molar-refractivity contribution >= 4 is 15.9 Å². The number of ether oxygens (including phenoxy) is 2. The number of hydrogen-bond acceptors (Lipinski definition) is 4. The normalized spacial score (nSPS) is 26.1. The van der Waals surface area contributed by atoms with Gasteiger partial charge in [-0.05, 0) is 41.9 Å². The number of likely N-dealkylation sites (tertiary alicyclic amines) is 1. The summed E-state index contributed by atoms with van der Waals surface area (Å²) >= 11 is 3.25. The van der Waals surface area contributed by atoms with Gasteiger partial charge in [-0.15, -0.1) is 0 Å². The van der Waals surface area contributed by atoms with E-state index in [2.05, 4.69) is 20.8 Å². The van der Waals surface area contributed by atoms with Gasteiger partial charge in [-0.2, -0.15) is 0 Å². The van der Waals surface area contributed by atoms with Crippen molar-refractivity contribution in [3.63, 3.8) is 0 Å². The minimum absolute atomic E-state index is 0.0125. The lowest BCUT2D eigenvalue weighted by atomic mass is 9.98. The summed E-state index contributed by atoms with van der Waals surface area (Å²) in [4.78, 5) is 2.13. The first-order valence-corrected chi connectivity index (χ1v) is 7.09. The Labute approximate surface area is 119 Å². The lowest BCUT2D eigenvalue weighted by Gasteiger charge is -2.22. The minimum Gasteiger partial charge on any atom is -0.454 e. The highest BCUT2D eigenvalue weighted by Crippen LogP contribution is 2.47. The second-order valence-corrected chi connectivity index (χ2v) is 5.97. The average molecular weight is 331 g/mol. The van der Waals surface area contributed by atoms with Crippen LogP contribution in [0, 0.1) is 11.7 Å². The second kappa shape index (κ2) is 4.92. The highest BCUT2D eigenvalue weighted by molar-refractivity contribution is 9.10. The molecule has 0 spiro atoms. The van der Waals surface area contributed by atoms with Crippen LogP contribution in [-0.2, 0) is 0 Å². The molecule has 2 atom stereocenters. The molecule has 0 bridgehead atoms. The fraction of sp³-hybridized carbons (Fsp3) is 0.538. The van der Waals surface area contributed by atoms with Crippen molar-refractivity contribution in [2.45, 2.75) is 12.5 Å². The molecule has 0 saturated carbocycles. The van der Waals surface area contributed by atoms with Gasteiger partial charge in [-0.1, -0.05) is 0 Å². The molecule has 6 heteroatoms. The average Bonchev–Trinajstić information content (AvgIpc) is 2.97. The van der Waals surface area contributed by atoms with Crippen molar-refractivity contribution in [2.75, 3.05) is 26.9 Å². The topological polar surface area (TPSA) is 47.7 Å². The molecule has 3 rings (SSSR count). The summed E-state index contributed by atoms with van der Waals surface area (Å²) in [5, 5.41) is 0. The lowest BCUT2D eigenvalue weighted by molar-refractivity contribution is 0.171. The first kappa shape index (κ1) is 13.1. The largest absolute Gasteiger partial charge is 0.454 e. The van der Waals surface area contributed by atoms with Crippen molar-refractivity contribution in [1.29, 1.82) is 0 Å². The predicted molar refractivity (Wildman–Crippen MR) is 72.8 cm³/mol. The van der Waals surface area contributed by atoms with Crippen LogP contribution < -0.4 is 15.2 Å². The zero-order chi connectivity index (χ0) is 13.6. The van der Waals surface area contributed by atoms with Crippen molar-refractivity contribution in [1.82, 2.24) is 4.90 Å². The minimum atomic E-state index is -0.265. The maximum atomic E-state index is 14.5. The summed E-state index contributed by atoms with van der Waals surface area (Å²) in [6.45, 7) is 1.65. The Bertz CT molecular complexity index is 512. The molecule has 2 N–H and O–H groups in total. The van der Waals surface area contributed by atoms with Gasteiger partial charge in [-0.3, -0.25) is 4.90 Å². The Morgan fingerprint density at radius 3 is 3.00 bits per heavy atom. The molecule has 0 radical (unpaired) electrons. The summed E-state index contributed by atoms with van der Waals surface area (Å²) in [6.07, 6.45) is 0.843. The van der Waals surface area contributed by atoms with E-state index < -0.39 is 0 Å². The van der Waals surface area contributed by atoms with Gasteiger partial charge in [0.15, 0.2) is 11.5 Å². The van der Waals surface area contributed by atoms with E-state index in [-0.39, 0.29) is 18.7 Å². The quantitative estimate of drug-likeness (QED) is 0.903. The third-order valence-corrected chi connectivity index (χ3v) is 4.47. The van der Waals surface area contributed by atoms with Crippen LogP contribution in [0.4, 0.5) is 4.39 Å². The molecule has 0 amide bonds. The number of halogens is 2. The van der Waals surface area contributed by atoms with Crippen LogP contribution in [0.1, 0.15) is 18.0 Å². The summed E-state index contributed by atoms with van der Waals surface area (Å²) in [7, 11) is 1.99. The predicted octanol–water partition coefficient (Wildman–Crippen LogP) is 2.27. The molecule has 2 unspecified atom stereocenters. The van der Waals surface area contributed by atoms with Crippen molar-refractivity contribution in [3.8, 4) is 11.5 Å². The first-order chi connectivity index (χ1) is 9.11. The van der Waals surface area contributed by atoms with Gasteiger partial charge in [0.1, 0.15) is 5.82 Å². The Hall–Kier alpha value is -0.850. The Balaban J connectivity index is 2.05. The maximum Gasteiger partial charge on any atom is 0.231 e. The van der Waals surface area contributed by atoms with Gasteiger partial charge in [0, 0.05) is 18.7 Å². The van der Waals surface area contributed by atoms with Crippen molar-refractivity contribution < 1.29 is 13.9 Å². The van der Waals surface area contributed by atoms with Gasteiger partial charge in [0.2, 0.25) is 6.79 Å². The Kier molecular flexibility index (Phi) is 3.41. The second-order valence-electron chi connectivity index (χ2n) is 5.11. The van der Waals surface area contributed by atoms with E-state index >= 15 is 0 Å². The van der Waals surface area contributed by atoms with Crippen molar-refractivity contribution in [3.05, 3.63) is 21.9 Å². The molecule has 0 aromatic heterocycles. The summed E-state index contributed by atoms with van der Waals surface area (Å²) in [6, 6.07) is 1.61. The van der Waals surface area contributed by atoms with Crippen LogP contribution in [0.25, 0.3) is 0 Å². The maximum absolute atomic E-state index is 14.5. The van der Waals surface area contributed by atoms with Gasteiger partial charge in [0.05, 0.1) is 10.0 Å². The van der Waals surface area contributed by atoms with Crippen LogP contribution in [0.15, 0.2) is 10.5 Å². The lowest BCUT2D eigenvalue weighted by Crippen LogP contribution is -2.21. The third kappa shape index (κ3) is 2.11. The van der Waals surface area contributed by atoms with Crippen LogP contribution in [-0.4, -0.2) is 31.8 Å². The molecule has 19 heavy (non-hydrogen) atoms. The molecule has 1 fully saturated rings. The SMILES string of the molecule is CN1CC(CN)CC1c1c(F)c(Br)cc2c1OCO2. The van der Waals surface area contributed by atoms with Gasteiger partial charge in [-0.25, -0.2) is 4.39 Å². The summed E-state index contributed by atoms with van der Waals surface area (Å²) < 4.78 is 25.7. The zero-order valence-electron chi connectivity index (χ0n) is 10.7. The summed E-state index contributed by atoms with van der Waals surface area (Å²) in [5.41, 5.74) is 6.32. The highest BCUT2D eigenvalue weighted by Gasteiger charge is 2.36. The fourth-order valence-electron chi connectivity index (χ4n) is 2.92. The van der Waals surface area contributed by atoms with Crippen LogP contribution in [0.3, 0.4) is 0 Å². The molecule has 2 aliphatic rings. The fourth-order valence-corrected chi connectivity index (χ4v) is 3.35. The number of nitrogens with zero attached hydrogens (tertiary/aromatic N) is 1. The van der Waals surface area contributed by atoms with E-state index in [0.29, 0.717) is 34.0 Å². The Morgan fingerprint density at radius 2 is 2.32 bits per heavy atom. The molecule has 0 aliphatic carbocycles. The van der Waals surface area contributed by atoms with E-state index in [1.165, 1.54) is 0 Å². The molecule has 2 heterocycles. The Morgan fingerprint density at radius 1 is 1.53 bits per heavy atom. The smallest absolute Gasteiger partial charge is 0.231 e. The third-order valence-electron chi connectivity index (χ3n) is 3.89. The van der Waals surface area contributed by atoms with Crippen LogP contribution >= 0.6 is 15.9 Å². The number of benzene rings is 1. The number of nitrogens with two attached hydrogens (primary N) is 1. The van der Waals surface area contributed by atoms with E-state index in [0.717, 1.165) is 13.0 Å². The van der Waals surface area contributed by atoms with Gasteiger partial charge >= 0.3 is 0 Å². The zero-order valence-corrected chi connectivity index (χ0v) is 12.2. The van der Waals surface area contributed by atoms with Gasteiger partial charge in [0.25, 0.3) is 0 Å². The first-order valence-electron chi connectivity index (χ1n) is 6.29. The molecule has 104 valence electrons. The standard InChI is InChI=1S/C13H16BrFN2O2/c1-17-5-7(4-16)2-9(17)11-12(15)8(14)3-10-13(11)19-6-18-10/h3,7,9H,2,4-6,16H2,1H3. The van der Waals surface area contributed by atoms with E-state index in [9.17, 15) is 4.39 Å². The molecule has 1 aromatic carbocycles. The van der Waals surface area contributed by atoms with E-state index in [4.69, 9.17) is 15.2 Å². The number of hydrogen-bond donors (Lipinski definition) is 1. The van der Waals surface area contributed by atoms with E-state index in [1.54, 1.807) is 6.07 Å². The molecular weight excluding hydrogens is 315 g/mol. The van der Waals surface area contributed by atoms with Gasteiger partial charge < -0.3 is 15.2 Å². The number of rotatable bonds is 2. The molecule has 1 aromatic rings. The van der Waals surface area contributed by atoms with E-state index in [1.807, 2.05) is 7.05 Å². The summed E-state index contributed by atoms with van der Waals surface area (Å²) in [5.74, 6) is 1.27. The van der Waals surface area contributed by atoms with Crippen LogP contribution in [0.5, 0.6) is 11.5 Å². The monoisotopic (exact) mass is 330 g/mol. The van der Waals surface area contributed by atoms with Crippen molar-refractivity contribution in [2.24, 2.45) is 11.7 Å². The molecule has 4 nitrogen and oxygen atoms in total. The highest BCUT2D eigenvalue weighted by atomic mass is 79.9.